The molecule has 2 heteroatoms. The normalized spacial score (nSPS) is 11.5. The van der Waals surface area contributed by atoms with Crippen LogP contribution in [0.15, 0.2) is 11.8 Å². The second-order valence-electron chi connectivity index (χ2n) is 1.89. The van der Waals surface area contributed by atoms with Gasteiger partial charge in [-0.2, -0.15) is 5.26 Å². The van der Waals surface area contributed by atoms with Crippen LogP contribution >= 0.6 is 0 Å². The quantitative estimate of drug-likeness (QED) is 0.512. The Hall–Kier alpha value is -0.970. The Morgan fingerprint density at radius 1 is 1.75 bits per heavy atom. The smallest absolute Gasteiger partial charge is 0.0964 e. The topological polar surface area (TPSA) is 49.8 Å². The van der Waals surface area contributed by atoms with Crippen LogP contribution in [-0.2, 0) is 0 Å². The molecule has 0 heterocycles. The maximum Gasteiger partial charge on any atom is 0.0964 e. The van der Waals surface area contributed by atoms with Gasteiger partial charge in [-0.05, 0) is 5.92 Å². The predicted molar refractivity (Wildman–Crippen MR) is 32.7 cm³/mol. The van der Waals surface area contributed by atoms with Crippen LogP contribution in [0.3, 0.4) is 0 Å². The van der Waals surface area contributed by atoms with E-state index in [0.29, 0.717) is 5.57 Å². The van der Waals surface area contributed by atoms with Gasteiger partial charge in [0.1, 0.15) is 0 Å². The minimum atomic E-state index is 0.255. The molecule has 0 rings (SSSR count). The molecule has 0 amide bonds. The van der Waals surface area contributed by atoms with Crippen LogP contribution in [0.4, 0.5) is 0 Å². The number of rotatable bonds is 1. The third-order valence-corrected chi connectivity index (χ3v) is 0.931. The standard InChI is InChI=1S/C6H10N2/c1-5(2)6(3-7)4-8/h3,5H,7H2,1-2H3. The van der Waals surface area contributed by atoms with Crippen molar-refractivity contribution in [1.82, 2.24) is 0 Å². The molecule has 2 nitrogen and oxygen atoms in total. The molecule has 8 heavy (non-hydrogen) atoms. The van der Waals surface area contributed by atoms with Gasteiger partial charge < -0.3 is 5.73 Å². The Balaban J connectivity index is 3.98. The molecular formula is C6H10N2. The van der Waals surface area contributed by atoms with Crippen LogP contribution in [0.25, 0.3) is 0 Å². The van der Waals surface area contributed by atoms with Gasteiger partial charge in [0, 0.05) is 11.8 Å². The summed E-state index contributed by atoms with van der Waals surface area (Å²) in [6, 6.07) is 1.99. The third-order valence-electron chi connectivity index (χ3n) is 0.931. The summed E-state index contributed by atoms with van der Waals surface area (Å²) in [4.78, 5) is 0. The van der Waals surface area contributed by atoms with Gasteiger partial charge in [0.05, 0.1) is 6.07 Å². The number of allylic oxidation sites excluding steroid dienone is 1. The Bertz CT molecular complexity index is 128. The van der Waals surface area contributed by atoms with E-state index in [9.17, 15) is 0 Å². The summed E-state index contributed by atoms with van der Waals surface area (Å²) >= 11 is 0. The van der Waals surface area contributed by atoms with E-state index >= 15 is 0 Å². The summed E-state index contributed by atoms with van der Waals surface area (Å²) < 4.78 is 0. The molecule has 0 aromatic carbocycles. The van der Waals surface area contributed by atoms with E-state index in [1.54, 1.807) is 0 Å². The van der Waals surface area contributed by atoms with E-state index in [1.165, 1.54) is 6.20 Å². The number of hydrogen-bond acceptors (Lipinski definition) is 2. The lowest BCUT2D eigenvalue weighted by Gasteiger charge is -1.96. The largest absolute Gasteiger partial charge is 0.404 e. The molecule has 0 saturated carbocycles. The monoisotopic (exact) mass is 110 g/mol. The van der Waals surface area contributed by atoms with Crippen molar-refractivity contribution in [2.75, 3.05) is 0 Å². The molecule has 0 aliphatic rings. The fourth-order valence-corrected chi connectivity index (χ4v) is 0.359. The van der Waals surface area contributed by atoms with Crippen LogP contribution in [0.5, 0.6) is 0 Å². The maximum absolute atomic E-state index is 8.30. The highest BCUT2D eigenvalue weighted by Crippen LogP contribution is 2.04. The van der Waals surface area contributed by atoms with Gasteiger partial charge >= 0.3 is 0 Å². The minimum absolute atomic E-state index is 0.255. The van der Waals surface area contributed by atoms with Crippen LogP contribution in [0.2, 0.25) is 0 Å². The summed E-state index contributed by atoms with van der Waals surface area (Å²) in [5.74, 6) is 0.255. The Kier molecular flexibility index (Phi) is 2.71. The lowest BCUT2D eigenvalue weighted by molar-refractivity contribution is 0.792. The van der Waals surface area contributed by atoms with Crippen molar-refractivity contribution in [3.05, 3.63) is 11.8 Å². The van der Waals surface area contributed by atoms with Crippen molar-refractivity contribution in [1.29, 1.82) is 5.26 Å². The molecule has 0 radical (unpaired) electrons. The number of nitriles is 1. The van der Waals surface area contributed by atoms with Crippen LogP contribution in [0.1, 0.15) is 13.8 Å². The number of hydrogen-bond donors (Lipinski definition) is 1. The van der Waals surface area contributed by atoms with Crippen molar-refractivity contribution < 1.29 is 0 Å². The maximum atomic E-state index is 8.30. The van der Waals surface area contributed by atoms with Crippen LogP contribution in [0, 0.1) is 17.2 Å². The van der Waals surface area contributed by atoms with Crippen molar-refractivity contribution >= 4 is 0 Å². The van der Waals surface area contributed by atoms with E-state index < -0.39 is 0 Å². The molecule has 0 spiro atoms. The molecule has 0 aliphatic heterocycles. The van der Waals surface area contributed by atoms with Crippen molar-refractivity contribution in [3.8, 4) is 6.07 Å². The lowest BCUT2D eigenvalue weighted by atomic mass is 10.1. The number of nitrogens with zero attached hydrogens (tertiary/aromatic N) is 1. The zero-order valence-corrected chi connectivity index (χ0v) is 5.18. The molecule has 44 valence electrons. The summed E-state index contributed by atoms with van der Waals surface area (Å²) in [6.07, 6.45) is 1.35. The SMILES string of the molecule is CC(C)C(C#N)=CN. The van der Waals surface area contributed by atoms with Crippen molar-refractivity contribution in [2.45, 2.75) is 13.8 Å². The van der Waals surface area contributed by atoms with E-state index in [4.69, 9.17) is 11.0 Å². The summed E-state index contributed by atoms with van der Waals surface area (Å²) in [5, 5.41) is 8.30. The van der Waals surface area contributed by atoms with Crippen molar-refractivity contribution in [3.63, 3.8) is 0 Å². The summed E-state index contributed by atoms with van der Waals surface area (Å²) in [5.41, 5.74) is 5.74. The van der Waals surface area contributed by atoms with Gasteiger partial charge in [-0.15, -0.1) is 0 Å². The molecule has 0 atom stereocenters. The Morgan fingerprint density at radius 3 is 2.25 bits per heavy atom. The van der Waals surface area contributed by atoms with E-state index in [1.807, 2.05) is 19.9 Å². The Morgan fingerprint density at radius 2 is 2.25 bits per heavy atom. The van der Waals surface area contributed by atoms with Crippen molar-refractivity contribution in [2.24, 2.45) is 11.7 Å². The van der Waals surface area contributed by atoms with Gasteiger partial charge in [-0.1, -0.05) is 13.8 Å². The average molecular weight is 110 g/mol. The van der Waals surface area contributed by atoms with Gasteiger partial charge in [0.2, 0.25) is 0 Å². The first-order valence-corrected chi connectivity index (χ1v) is 2.54. The molecule has 0 unspecified atom stereocenters. The fourth-order valence-electron chi connectivity index (χ4n) is 0.359. The molecular weight excluding hydrogens is 100 g/mol. The zero-order chi connectivity index (χ0) is 6.57. The highest BCUT2D eigenvalue weighted by Gasteiger charge is 1.97. The first-order chi connectivity index (χ1) is 3.72. The van der Waals surface area contributed by atoms with Gasteiger partial charge in [0.25, 0.3) is 0 Å². The van der Waals surface area contributed by atoms with Crippen LogP contribution in [-0.4, -0.2) is 0 Å². The second kappa shape index (κ2) is 3.09. The summed E-state index contributed by atoms with van der Waals surface area (Å²) in [7, 11) is 0. The molecule has 0 fully saturated rings. The highest BCUT2D eigenvalue weighted by atomic mass is 14.5. The second-order valence-corrected chi connectivity index (χ2v) is 1.89. The minimum Gasteiger partial charge on any atom is -0.404 e. The summed E-state index contributed by atoms with van der Waals surface area (Å²) in [6.45, 7) is 3.86. The van der Waals surface area contributed by atoms with Gasteiger partial charge in [0.15, 0.2) is 0 Å². The zero-order valence-electron chi connectivity index (χ0n) is 5.18. The lowest BCUT2D eigenvalue weighted by Crippen LogP contribution is -1.94. The third kappa shape index (κ3) is 1.65. The number of nitrogens with two attached hydrogens (primary N) is 1. The molecule has 0 saturated heterocycles. The first-order valence-electron chi connectivity index (χ1n) is 2.54. The van der Waals surface area contributed by atoms with Gasteiger partial charge in [-0.3, -0.25) is 0 Å². The molecule has 0 aliphatic carbocycles. The predicted octanol–water partition coefficient (Wildman–Crippen LogP) is 1.01. The van der Waals surface area contributed by atoms with E-state index in [0.717, 1.165) is 0 Å². The molecule has 0 aromatic heterocycles. The van der Waals surface area contributed by atoms with Gasteiger partial charge in [-0.25, -0.2) is 0 Å². The molecule has 0 bridgehead atoms. The average Bonchev–Trinajstić information content (AvgIpc) is 1.69. The highest BCUT2D eigenvalue weighted by molar-refractivity contribution is 5.20. The van der Waals surface area contributed by atoms with E-state index in [-0.39, 0.29) is 5.92 Å². The van der Waals surface area contributed by atoms with Crippen LogP contribution < -0.4 is 5.73 Å². The molecule has 0 aromatic rings. The molecule has 2 N–H and O–H groups in total. The Labute approximate surface area is 49.6 Å². The van der Waals surface area contributed by atoms with E-state index in [2.05, 4.69) is 0 Å². The fraction of sp³-hybridized carbons (Fsp3) is 0.500. The first kappa shape index (κ1) is 7.03.